The lowest BCUT2D eigenvalue weighted by molar-refractivity contribution is 0.0972. The number of hydrogen-bond donors (Lipinski definition) is 1. The summed E-state index contributed by atoms with van der Waals surface area (Å²) < 4.78 is 5.47. The van der Waals surface area contributed by atoms with Gasteiger partial charge in [0.25, 0.3) is 0 Å². The number of ether oxygens (including phenoxy) is 1. The lowest BCUT2D eigenvalue weighted by Crippen LogP contribution is -2.47. The summed E-state index contributed by atoms with van der Waals surface area (Å²) in [4.78, 5) is 2.40. The summed E-state index contributed by atoms with van der Waals surface area (Å²) in [7, 11) is 0. The fraction of sp³-hybridized carbons (Fsp3) is 0.625. The molecule has 0 aliphatic carbocycles. The van der Waals surface area contributed by atoms with Crippen LogP contribution in [-0.4, -0.2) is 31.4 Å². The first kappa shape index (κ1) is 14.2. The molecule has 2 rings (SSSR count). The van der Waals surface area contributed by atoms with E-state index in [1.54, 1.807) is 0 Å². The molecule has 1 heterocycles. The number of rotatable bonds is 4. The molecule has 19 heavy (non-hydrogen) atoms. The number of anilines is 1. The van der Waals surface area contributed by atoms with Crippen molar-refractivity contribution in [3.05, 3.63) is 24.3 Å². The van der Waals surface area contributed by atoms with Crippen LogP contribution in [0.15, 0.2) is 24.3 Å². The van der Waals surface area contributed by atoms with E-state index in [1.165, 1.54) is 5.69 Å². The van der Waals surface area contributed by atoms with Gasteiger partial charge >= 0.3 is 0 Å². The molecule has 1 aromatic carbocycles. The minimum atomic E-state index is 0.158. The van der Waals surface area contributed by atoms with Crippen LogP contribution in [0.25, 0.3) is 0 Å². The van der Waals surface area contributed by atoms with Gasteiger partial charge in [-0.05, 0) is 48.9 Å². The van der Waals surface area contributed by atoms with Crippen LogP contribution in [0.1, 0.15) is 27.2 Å². The van der Waals surface area contributed by atoms with Crippen molar-refractivity contribution in [3.8, 4) is 5.75 Å². The fourth-order valence-electron chi connectivity index (χ4n) is 2.88. The third kappa shape index (κ3) is 3.21. The van der Waals surface area contributed by atoms with Crippen LogP contribution in [0.2, 0.25) is 0 Å². The quantitative estimate of drug-likeness (QED) is 0.906. The largest absolute Gasteiger partial charge is 0.494 e. The second kappa shape index (κ2) is 5.83. The third-order valence-corrected chi connectivity index (χ3v) is 4.18. The van der Waals surface area contributed by atoms with E-state index < -0.39 is 0 Å². The van der Waals surface area contributed by atoms with Crippen LogP contribution in [0.3, 0.4) is 0 Å². The Balaban J connectivity index is 2.06. The molecule has 0 saturated carbocycles. The van der Waals surface area contributed by atoms with Gasteiger partial charge in [0.05, 0.1) is 6.61 Å². The highest BCUT2D eigenvalue weighted by atomic mass is 16.5. The molecule has 0 radical (unpaired) electrons. The average molecular weight is 263 g/mol. The Hall–Kier alpha value is -1.22. The van der Waals surface area contributed by atoms with E-state index in [4.69, 9.17) is 4.74 Å². The molecular formula is C16H25NO2. The van der Waals surface area contributed by atoms with E-state index in [0.29, 0.717) is 19.1 Å². The SMILES string of the molecule is CCOc1ccc(N2CCC(CO)C(C)(C)C2)cc1. The molecule has 1 saturated heterocycles. The van der Waals surface area contributed by atoms with Gasteiger partial charge in [0.1, 0.15) is 5.75 Å². The first-order valence-electron chi connectivity index (χ1n) is 7.15. The standard InChI is InChI=1S/C16H25NO2/c1-4-19-15-7-5-14(6-8-15)17-10-9-13(11-18)16(2,3)12-17/h5-8,13,18H,4,9-12H2,1-3H3. The zero-order valence-corrected chi connectivity index (χ0v) is 12.2. The Morgan fingerprint density at radius 1 is 1.32 bits per heavy atom. The Morgan fingerprint density at radius 3 is 2.53 bits per heavy atom. The van der Waals surface area contributed by atoms with Gasteiger partial charge < -0.3 is 14.7 Å². The highest BCUT2D eigenvalue weighted by Gasteiger charge is 2.35. The molecule has 1 N–H and O–H groups in total. The average Bonchev–Trinajstić information content (AvgIpc) is 2.39. The van der Waals surface area contributed by atoms with E-state index in [1.807, 2.05) is 19.1 Å². The van der Waals surface area contributed by atoms with Crippen molar-refractivity contribution in [1.29, 1.82) is 0 Å². The highest BCUT2D eigenvalue weighted by molar-refractivity contribution is 5.49. The molecule has 0 aromatic heterocycles. The molecule has 1 aromatic rings. The van der Waals surface area contributed by atoms with Gasteiger partial charge in [-0.25, -0.2) is 0 Å². The summed E-state index contributed by atoms with van der Waals surface area (Å²) >= 11 is 0. The number of hydrogen-bond acceptors (Lipinski definition) is 3. The second-order valence-corrected chi connectivity index (χ2v) is 6.01. The van der Waals surface area contributed by atoms with Crippen LogP contribution >= 0.6 is 0 Å². The summed E-state index contributed by atoms with van der Waals surface area (Å²) in [6.45, 7) is 9.49. The van der Waals surface area contributed by atoms with E-state index in [9.17, 15) is 5.11 Å². The normalized spacial score (nSPS) is 22.3. The van der Waals surface area contributed by atoms with E-state index in [-0.39, 0.29) is 5.41 Å². The van der Waals surface area contributed by atoms with Crippen LogP contribution in [0.4, 0.5) is 5.69 Å². The number of aliphatic hydroxyl groups excluding tert-OH is 1. The fourth-order valence-corrected chi connectivity index (χ4v) is 2.88. The zero-order chi connectivity index (χ0) is 13.9. The Labute approximate surface area is 116 Å². The summed E-state index contributed by atoms with van der Waals surface area (Å²) in [6.07, 6.45) is 1.05. The van der Waals surface area contributed by atoms with Crippen molar-refractivity contribution < 1.29 is 9.84 Å². The molecule has 0 spiro atoms. The maximum Gasteiger partial charge on any atom is 0.119 e. The van der Waals surface area contributed by atoms with E-state index in [0.717, 1.165) is 25.3 Å². The van der Waals surface area contributed by atoms with Crippen molar-refractivity contribution in [2.45, 2.75) is 27.2 Å². The minimum Gasteiger partial charge on any atom is -0.494 e. The molecule has 0 bridgehead atoms. The number of benzene rings is 1. The number of nitrogens with zero attached hydrogens (tertiary/aromatic N) is 1. The zero-order valence-electron chi connectivity index (χ0n) is 12.2. The lowest BCUT2D eigenvalue weighted by atomic mass is 9.74. The predicted molar refractivity (Wildman–Crippen MR) is 78.8 cm³/mol. The van der Waals surface area contributed by atoms with Crippen LogP contribution in [0, 0.1) is 11.3 Å². The van der Waals surface area contributed by atoms with Crippen molar-refractivity contribution >= 4 is 5.69 Å². The molecule has 1 unspecified atom stereocenters. The Kier molecular flexibility index (Phi) is 4.35. The maximum atomic E-state index is 9.44. The van der Waals surface area contributed by atoms with Gasteiger partial charge in [0.2, 0.25) is 0 Å². The number of piperidine rings is 1. The molecular weight excluding hydrogens is 238 g/mol. The van der Waals surface area contributed by atoms with Gasteiger partial charge in [-0.1, -0.05) is 13.8 Å². The van der Waals surface area contributed by atoms with Crippen molar-refractivity contribution in [2.24, 2.45) is 11.3 Å². The lowest BCUT2D eigenvalue weighted by Gasteiger charge is -2.44. The van der Waals surface area contributed by atoms with Crippen LogP contribution < -0.4 is 9.64 Å². The van der Waals surface area contributed by atoms with Crippen LogP contribution in [0.5, 0.6) is 5.75 Å². The second-order valence-electron chi connectivity index (χ2n) is 6.01. The summed E-state index contributed by atoms with van der Waals surface area (Å²) in [5.41, 5.74) is 1.40. The molecule has 1 atom stereocenters. The highest BCUT2D eigenvalue weighted by Crippen LogP contribution is 2.36. The monoisotopic (exact) mass is 263 g/mol. The molecule has 1 aliphatic heterocycles. The topological polar surface area (TPSA) is 32.7 Å². The summed E-state index contributed by atoms with van der Waals surface area (Å²) in [5, 5.41) is 9.44. The first-order valence-corrected chi connectivity index (χ1v) is 7.15. The van der Waals surface area contributed by atoms with Crippen molar-refractivity contribution in [1.82, 2.24) is 0 Å². The molecule has 3 heteroatoms. The first-order chi connectivity index (χ1) is 9.06. The van der Waals surface area contributed by atoms with Gasteiger partial charge in [0, 0.05) is 25.4 Å². The molecule has 106 valence electrons. The summed E-state index contributed by atoms with van der Waals surface area (Å²) in [6, 6.07) is 8.31. The molecule has 1 fully saturated rings. The van der Waals surface area contributed by atoms with Crippen molar-refractivity contribution in [2.75, 3.05) is 31.2 Å². The van der Waals surface area contributed by atoms with Crippen molar-refractivity contribution in [3.63, 3.8) is 0 Å². The van der Waals surface area contributed by atoms with Gasteiger partial charge in [-0.2, -0.15) is 0 Å². The molecule has 3 nitrogen and oxygen atoms in total. The Morgan fingerprint density at radius 2 is 2.00 bits per heavy atom. The van der Waals surface area contributed by atoms with Gasteiger partial charge in [-0.3, -0.25) is 0 Å². The Bertz CT molecular complexity index is 400. The van der Waals surface area contributed by atoms with E-state index >= 15 is 0 Å². The van der Waals surface area contributed by atoms with E-state index in [2.05, 4.69) is 30.9 Å². The molecule has 1 aliphatic rings. The summed E-state index contributed by atoms with van der Waals surface area (Å²) in [5.74, 6) is 1.34. The maximum absolute atomic E-state index is 9.44. The number of aliphatic hydroxyl groups is 1. The van der Waals surface area contributed by atoms with Crippen LogP contribution in [-0.2, 0) is 0 Å². The van der Waals surface area contributed by atoms with Gasteiger partial charge in [0.15, 0.2) is 0 Å². The predicted octanol–water partition coefficient (Wildman–Crippen LogP) is 2.93. The minimum absolute atomic E-state index is 0.158. The van der Waals surface area contributed by atoms with Gasteiger partial charge in [-0.15, -0.1) is 0 Å². The smallest absolute Gasteiger partial charge is 0.119 e. The molecule has 0 amide bonds. The third-order valence-electron chi connectivity index (χ3n) is 4.18.